The summed E-state index contributed by atoms with van der Waals surface area (Å²) < 4.78 is 31.6. The summed E-state index contributed by atoms with van der Waals surface area (Å²) in [6.07, 6.45) is 5.78. The number of carbonyl (C=O) groups is 1. The van der Waals surface area contributed by atoms with Crippen molar-refractivity contribution in [2.45, 2.75) is 141 Å². The molecular weight excluding hydrogens is 496 g/mol. The van der Waals surface area contributed by atoms with Crippen molar-refractivity contribution in [3.8, 4) is 0 Å². The Kier molecular flexibility index (Phi) is 11.9. The molecule has 1 aromatic carbocycles. The molecule has 2 heterocycles. The van der Waals surface area contributed by atoms with Gasteiger partial charge in [-0.05, 0) is 47.9 Å². The molecule has 0 bridgehead atoms. The maximum Gasteiger partial charge on any atom is 0.302 e. The average Bonchev–Trinajstić information content (AvgIpc) is 3.22. The molecule has 7 heteroatoms. The Bertz CT molecular complexity index is 822. The van der Waals surface area contributed by atoms with E-state index >= 15 is 0 Å². The van der Waals surface area contributed by atoms with Gasteiger partial charge >= 0.3 is 5.97 Å². The Hall–Kier alpha value is -1.25. The molecule has 0 unspecified atom stereocenters. The molecule has 216 valence electrons. The highest BCUT2D eigenvalue weighted by Crippen LogP contribution is 2.45. The van der Waals surface area contributed by atoms with Gasteiger partial charge in [0.05, 0.1) is 25.4 Å². The van der Waals surface area contributed by atoms with Gasteiger partial charge in [0.15, 0.2) is 14.1 Å². The van der Waals surface area contributed by atoms with Gasteiger partial charge in [0, 0.05) is 32.8 Å². The molecule has 4 atom stereocenters. The lowest BCUT2D eigenvalue weighted by atomic mass is 9.93. The average molecular weight is 549 g/mol. The SMILES string of the molecule is CC(=O)O[C@@H]1C[C@H](CCCCOCc2ccccc2)O[C@]2(CC[C@@H](CO[Si](C(C)C)(C(C)C)C(C)C)O2)C1. The van der Waals surface area contributed by atoms with E-state index in [9.17, 15) is 4.79 Å². The Morgan fingerprint density at radius 1 is 1.00 bits per heavy atom. The van der Waals surface area contributed by atoms with Crippen LogP contribution in [0.3, 0.4) is 0 Å². The molecule has 0 N–H and O–H groups in total. The van der Waals surface area contributed by atoms with Gasteiger partial charge in [0.2, 0.25) is 0 Å². The first-order valence-corrected chi connectivity index (χ1v) is 17.0. The van der Waals surface area contributed by atoms with Gasteiger partial charge in [-0.25, -0.2) is 0 Å². The van der Waals surface area contributed by atoms with E-state index in [-0.39, 0.29) is 24.3 Å². The predicted octanol–water partition coefficient (Wildman–Crippen LogP) is 7.55. The lowest BCUT2D eigenvalue weighted by molar-refractivity contribution is -0.290. The number of carbonyl (C=O) groups excluding carboxylic acids is 1. The second kappa shape index (κ2) is 14.4. The van der Waals surface area contributed by atoms with E-state index in [0.717, 1.165) is 45.1 Å². The van der Waals surface area contributed by atoms with Crippen LogP contribution in [0, 0.1) is 0 Å². The zero-order valence-electron chi connectivity index (χ0n) is 24.9. The third kappa shape index (κ3) is 8.37. The van der Waals surface area contributed by atoms with Gasteiger partial charge in [-0.15, -0.1) is 0 Å². The molecule has 0 saturated carbocycles. The zero-order chi connectivity index (χ0) is 27.8. The predicted molar refractivity (Wildman–Crippen MR) is 153 cm³/mol. The van der Waals surface area contributed by atoms with E-state index in [1.165, 1.54) is 12.5 Å². The van der Waals surface area contributed by atoms with E-state index in [4.69, 9.17) is 23.4 Å². The summed E-state index contributed by atoms with van der Waals surface area (Å²) in [7, 11) is -1.96. The van der Waals surface area contributed by atoms with Crippen molar-refractivity contribution >= 4 is 14.3 Å². The molecule has 1 aromatic rings. The molecule has 2 aliphatic rings. The van der Waals surface area contributed by atoms with Crippen LogP contribution in [0.15, 0.2) is 30.3 Å². The van der Waals surface area contributed by atoms with Crippen molar-refractivity contribution in [1.29, 1.82) is 0 Å². The highest BCUT2D eigenvalue weighted by Gasteiger charge is 2.50. The summed E-state index contributed by atoms with van der Waals surface area (Å²) >= 11 is 0. The van der Waals surface area contributed by atoms with Gasteiger partial charge in [0.1, 0.15) is 6.10 Å². The lowest BCUT2D eigenvalue weighted by Crippen LogP contribution is -2.50. The normalized spacial score (nSPS) is 26.1. The first-order valence-electron chi connectivity index (χ1n) is 14.8. The smallest absolute Gasteiger partial charge is 0.302 e. The van der Waals surface area contributed by atoms with Gasteiger partial charge < -0.3 is 23.4 Å². The van der Waals surface area contributed by atoms with Crippen LogP contribution in [0.25, 0.3) is 0 Å². The highest BCUT2D eigenvalue weighted by molar-refractivity contribution is 6.77. The Balaban J connectivity index is 1.52. The molecule has 2 fully saturated rings. The molecule has 0 radical (unpaired) electrons. The molecule has 0 amide bonds. The lowest BCUT2D eigenvalue weighted by Gasteiger charge is -2.43. The van der Waals surface area contributed by atoms with Crippen LogP contribution >= 0.6 is 0 Å². The van der Waals surface area contributed by atoms with Crippen molar-refractivity contribution in [2.24, 2.45) is 0 Å². The van der Waals surface area contributed by atoms with E-state index in [1.54, 1.807) is 0 Å². The van der Waals surface area contributed by atoms with E-state index in [1.807, 2.05) is 18.2 Å². The monoisotopic (exact) mass is 548 g/mol. The largest absolute Gasteiger partial charge is 0.462 e. The van der Waals surface area contributed by atoms with Crippen LogP contribution in [0.1, 0.15) is 99.0 Å². The molecule has 0 aliphatic carbocycles. The first-order chi connectivity index (χ1) is 18.1. The van der Waals surface area contributed by atoms with E-state index in [0.29, 0.717) is 36.3 Å². The van der Waals surface area contributed by atoms with Gasteiger partial charge in [-0.3, -0.25) is 4.79 Å². The number of ether oxygens (including phenoxy) is 4. The van der Waals surface area contributed by atoms with Crippen LogP contribution < -0.4 is 0 Å². The van der Waals surface area contributed by atoms with Gasteiger partial charge in [-0.2, -0.15) is 0 Å². The Labute approximate surface area is 232 Å². The molecule has 0 aromatic heterocycles. The van der Waals surface area contributed by atoms with E-state index in [2.05, 4.69) is 53.7 Å². The van der Waals surface area contributed by atoms with Crippen LogP contribution in [0.4, 0.5) is 0 Å². The van der Waals surface area contributed by atoms with Gasteiger partial charge in [0.25, 0.3) is 0 Å². The summed E-state index contributed by atoms with van der Waals surface area (Å²) in [5.74, 6) is -0.918. The number of unbranched alkanes of at least 4 members (excludes halogenated alkanes) is 1. The van der Waals surface area contributed by atoms with Crippen LogP contribution in [-0.2, 0) is 34.8 Å². The fraction of sp³-hybridized carbons (Fsp3) is 0.774. The number of rotatable bonds is 14. The Morgan fingerprint density at radius 2 is 1.66 bits per heavy atom. The van der Waals surface area contributed by atoms with Crippen LogP contribution in [-0.4, -0.2) is 51.6 Å². The fourth-order valence-corrected chi connectivity index (χ4v) is 12.3. The van der Waals surface area contributed by atoms with Crippen LogP contribution in [0.5, 0.6) is 0 Å². The minimum atomic E-state index is -1.96. The molecule has 6 nitrogen and oxygen atoms in total. The second-order valence-corrected chi connectivity index (χ2v) is 17.7. The van der Waals surface area contributed by atoms with Crippen molar-refractivity contribution < 1.29 is 28.2 Å². The number of hydrogen-bond acceptors (Lipinski definition) is 6. The quantitative estimate of drug-likeness (QED) is 0.136. The third-order valence-corrected chi connectivity index (χ3v) is 14.5. The molecule has 3 rings (SSSR count). The molecule has 2 saturated heterocycles. The van der Waals surface area contributed by atoms with Crippen molar-refractivity contribution in [3.05, 3.63) is 35.9 Å². The zero-order valence-corrected chi connectivity index (χ0v) is 25.9. The van der Waals surface area contributed by atoms with E-state index < -0.39 is 14.1 Å². The van der Waals surface area contributed by atoms with Crippen molar-refractivity contribution in [2.75, 3.05) is 13.2 Å². The van der Waals surface area contributed by atoms with Crippen molar-refractivity contribution in [3.63, 3.8) is 0 Å². The summed E-state index contributed by atoms with van der Waals surface area (Å²) in [5, 5.41) is 0. The van der Waals surface area contributed by atoms with Crippen molar-refractivity contribution in [1.82, 2.24) is 0 Å². The highest BCUT2D eigenvalue weighted by atomic mass is 28.4. The number of benzene rings is 1. The number of esters is 1. The third-order valence-electron chi connectivity index (χ3n) is 8.41. The van der Waals surface area contributed by atoms with Gasteiger partial charge in [-0.1, -0.05) is 71.9 Å². The molecular formula is C31H52O6Si. The molecule has 2 aliphatic heterocycles. The molecule has 1 spiro atoms. The molecule has 38 heavy (non-hydrogen) atoms. The topological polar surface area (TPSA) is 63.2 Å². The standard InChI is InChI=1S/C31H52O6Si/c1-23(2)38(24(3)4,25(5)6)34-22-29-16-17-31(37-29)20-30(35-26(7)32)19-28(36-31)15-11-12-18-33-21-27-13-9-8-10-14-27/h8-10,13-14,23-25,28-30H,11-12,15-22H2,1-7H3/t28-,29-,30+,31-/m0/s1. The second-order valence-electron chi connectivity index (χ2n) is 12.3. The first kappa shape index (κ1) is 31.3. The maximum atomic E-state index is 11.8. The fourth-order valence-electron chi connectivity index (χ4n) is 6.86. The Morgan fingerprint density at radius 3 is 2.29 bits per heavy atom. The minimum Gasteiger partial charge on any atom is -0.462 e. The summed E-state index contributed by atoms with van der Waals surface area (Å²) in [6, 6.07) is 10.3. The maximum absolute atomic E-state index is 11.8. The summed E-state index contributed by atoms with van der Waals surface area (Å²) in [5.41, 5.74) is 2.82. The number of hydrogen-bond donors (Lipinski definition) is 0. The van der Waals surface area contributed by atoms with Crippen LogP contribution in [0.2, 0.25) is 16.6 Å². The summed E-state index contributed by atoms with van der Waals surface area (Å²) in [6.45, 7) is 17.4. The minimum absolute atomic E-state index is 0.0114. The summed E-state index contributed by atoms with van der Waals surface area (Å²) in [4.78, 5) is 11.8.